The van der Waals surface area contributed by atoms with Gasteiger partial charge in [0.15, 0.2) is 0 Å². The van der Waals surface area contributed by atoms with E-state index in [9.17, 15) is 0 Å². The lowest BCUT2D eigenvalue weighted by Crippen LogP contribution is -2.18. The smallest absolute Gasteiger partial charge is 0.0830 e. The minimum atomic E-state index is 0.209. The molecule has 1 aliphatic heterocycles. The number of ether oxygens (including phenoxy) is 1. The first kappa shape index (κ1) is 9.97. The first-order valence-corrected chi connectivity index (χ1v) is 5.28. The van der Waals surface area contributed by atoms with Crippen molar-refractivity contribution < 1.29 is 4.74 Å². The quantitative estimate of drug-likeness (QED) is 0.816. The summed E-state index contributed by atoms with van der Waals surface area (Å²) in [5.41, 5.74) is 6.75. The molecular weight excluding hydrogens is 198 g/mol. The second-order valence-electron chi connectivity index (χ2n) is 3.61. The van der Waals surface area contributed by atoms with Gasteiger partial charge >= 0.3 is 0 Å². The molecule has 0 saturated carbocycles. The van der Waals surface area contributed by atoms with Crippen molar-refractivity contribution in [3.05, 3.63) is 34.9 Å². The Labute approximate surface area is 89.0 Å². The second kappa shape index (κ2) is 4.30. The van der Waals surface area contributed by atoms with Crippen molar-refractivity contribution in [1.82, 2.24) is 0 Å². The highest BCUT2D eigenvalue weighted by Gasteiger charge is 2.24. The molecule has 2 atom stereocenters. The summed E-state index contributed by atoms with van der Waals surface area (Å²) in [4.78, 5) is 0. The Morgan fingerprint density at radius 2 is 2.00 bits per heavy atom. The largest absolute Gasteiger partial charge is 0.369 e. The van der Waals surface area contributed by atoms with Crippen LogP contribution in [0.4, 0.5) is 0 Å². The van der Waals surface area contributed by atoms with Crippen LogP contribution in [0.2, 0.25) is 5.02 Å². The Morgan fingerprint density at radius 3 is 2.57 bits per heavy atom. The molecule has 1 saturated heterocycles. The fraction of sp³-hybridized carbons (Fsp3) is 0.455. The third-order valence-electron chi connectivity index (χ3n) is 2.61. The third-order valence-corrected chi connectivity index (χ3v) is 2.86. The highest BCUT2D eigenvalue weighted by atomic mass is 35.5. The molecular formula is C11H14ClNO. The van der Waals surface area contributed by atoms with Crippen molar-refractivity contribution >= 4 is 11.6 Å². The molecule has 1 aliphatic rings. The zero-order chi connectivity index (χ0) is 9.97. The summed E-state index contributed by atoms with van der Waals surface area (Å²) in [6, 6.07) is 7.84. The van der Waals surface area contributed by atoms with Crippen LogP contribution in [0.3, 0.4) is 0 Å². The molecule has 2 rings (SSSR count). The molecule has 3 heteroatoms. The molecule has 1 fully saturated rings. The Kier molecular flexibility index (Phi) is 3.06. The number of nitrogens with two attached hydrogens (primary N) is 1. The molecule has 0 aliphatic carbocycles. The Hall–Kier alpha value is -0.570. The molecule has 1 heterocycles. The molecule has 14 heavy (non-hydrogen) atoms. The molecule has 2 nitrogen and oxygen atoms in total. The number of hydrogen-bond acceptors (Lipinski definition) is 2. The van der Waals surface area contributed by atoms with E-state index < -0.39 is 0 Å². The van der Waals surface area contributed by atoms with Crippen molar-refractivity contribution in [2.24, 2.45) is 5.73 Å². The molecule has 0 amide bonds. The van der Waals surface area contributed by atoms with Crippen LogP contribution in [0.15, 0.2) is 24.3 Å². The van der Waals surface area contributed by atoms with E-state index in [4.69, 9.17) is 22.1 Å². The van der Waals surface area contributed by atoms with Crippen molar-refractivity contribution in [2.75, 3.05) is 6.54 Å². The SMILES string of the molecule is NC[C@H]1CCC(c2ccc(Cl)cc2)O1. The molecule has 0 radical (unpaired) electrons. The van der Waals surface area contributed by atoms with Crippen molar-refractivity contribution in [2.45, 2.75) is 25.0 Å². The van der Waals surface area contributed by atoms with E-state index in [2.05, 4.69) is 0 Å². The van der Waals surface area contributed by atoms with Crippen LogP contribution in [-0.2, 0) is 4.74 Å². The van der Waals surface area contributed by atoms with Gasteiger partial charge in [-0.2, -0.15) is 0 Å². The molecule has 1 aromatic carbocycles. The fourth-order valence-electron chi connectivity index (χ4n) is 1.80. The summed E-state index contributed by atoms with van der Waals surface area (Å²) in [6.07, 6.45) is 2.56. The maximum Gasteiger partial charge on any atom is 0.0830 e. The van der Waals surface area contributed by atoms with E-state index >= 15 is 0 Å². The first-order valence-electron chi connectivity index (χ1n) is 4.90. The molecule has 0 spiro atoms. The number of rotatable bonds is 2. The van der Waals surface area contributed by atoms with Gasteiger partial charge in [0.25, 0.3) is 0 Å². The minimum Gasteiger partial charge on any atom is -0.369 e. The predicted molar refractivity (Wildman–Crippen MR) is 57.4 cm³/mol. The van der Waals surface area contributed by atoms with Crippen LogP contribution in [0.5, 0.6) is 0 Å². The maximum atomic E-state index is 5.81. The van der Waals surface area contributed by atoms with Crippen molar-refractivity contribution in [3.8, 4) is 0 Å². The second-order valence-corrected chi connectivity index (χ2v) is 4.05. The van der Waals surface area contributed by atoms with Gasteiger partial charge in [-0.25, -0.2) is 0 Å². The summed E-state index contributed by atoms with van der Waals surface area (Å²) < 4.78 is 5.77. The summed E-state index contributed by atoms with van der Waals surface area (Å²) in [7, 11) is 0. The monoisotopic (exact) mass is 211 g/mol. The van der Waals surface area contributed by atoms with Gasteiger partial charge in [-0.3, -0.25) is 0 Å². The minimum absolute atomic E-state index is 0.209. The summed E-state index contributed by atoms with van der Waals surface area (Å²) in [5.74, 6) is 0. The van der Waals surface area contributed by atoms with E-state index in [-0.39, 0.29) is 12.2 Å². The maximum absolute atomic E-state index is 5.81. The average molecular weight is 212 g/mol. The van der Waals surface area contributed by atoms with E-state index in [1.54, 1.807) is 0 Å². The normalized spacial score (nSPS) is 26.7. The lowest BCUT2D eigenvalue weighted by molar-refractivity contribution is 0.0498. The highest BCUT2D eigenvalue weighted by molar-refractivity contribution is 6.30. The molecule has 1 aromatic rings. The lowest BCUT2D eigenvalue weighted by Gasteiger charge is -2.12. The van der Waals surface area contributed by atoms with E-state index in [0.717, 1.165) is 17.9 Å². The summed E-state index contributed by atoms with van der Waals surface area (Å²) in [6.45, 7) is 0.615. The van der Waals surface area contributed by atoms with Gasteiger partial charge in [0.2, 0.25) is 0 Å². The zero-order valence-electron chi connectivity index (χ0n) is 7.95. The topological polar surface area (TPSA) is 35.2 Å². The number of benzene rings is 1. The first-order chi connectivity index (χ1) is 6.79. The van der Waals surface area contributed by atoms with Gasteiger partial charge in [-0.05, 0) is 30.5 Å². The van der Waals surface area contributed by atoms with E-state index in [1.807, 2.05) is 24.3 Å². The van der Waals surface area contributed by atoms with Gasteiger partial charge in [0.05, 0.1) is 12.2 Å². The van der Waals surface area contributed by atoms with Gasteiger partial charge in [-0.15, -0.1) is 0 Å². The molecule has 1 unspecified atom stereocenters. The molecule has 0 bridgehead atoms. The average Bonchev–Trinajstić information content (AvgIpc) is 2.67. The van der Waals surface area contributed by atoms with E-state index in [0.29, 0.717) is 6.54 Å². The third kappa shape index (κ3) is 2.08. The lowest BCUT2D eigenvalue weighted by atomic mass is 10.1. The van der Waals surface area contributed by atoms with Gasteiger partial charge in [-0.1, -0.05) is 23.7 Å². The number of halogens is 1. The van der Waals surface area contributed by atoms with Crippen LogP contribution < -0.4 is 5.73 Å². The Bertz CT molecular complexity index is 299. The van der Waals surface area contributed by atoms with Gasteiger partial charge < -0.3 is 10.5 Å². The van der Waals surface area contributed by atoms with Crippen LogP contribution in [0.25, 0.3) is 0 Å². The number of hydrogen-bond donors (Lipinski definition) is 1. The van der Waals surface area contributed by atoms with E-state index in [1.165, 1.54) is 5.56 Å². The Morgan fingerprint density at radius 1 is 1.29 bits per heavy atom. The van der Waals surface area contributed by atoms with Crippen molar-refractivity contribution in [1.29, 1.82) is 0 Å². The van der Waals surface area contributed by atoms with Crippen LogP contribution in [0.1, 0.15) is 24.5 Å². The zero-order valence-corrected chi connectivity index (χ0v) is 8.70. The fourth-order valence-corrected chi connectivity index (χ4v) is 1.93. The van der Waals surface area contributed by atoms with Crippen molar-refractivity contribution in [3.63, 3.8) is 0 Å². The van der Waals surface area contributed by atoms with Crippen LogP contribution >= 0.6 is 11.6 Å². The van der Waals surface area contributed by atoms with Crippen LogP contribution in [0, 0.1) is 0 Å². The van der Waals surface area contributed by atoms with Gasteiger partial charge in [0.1, 0.15) is 0 Å². The van der Waals surface area contributed by atoms with Crippen LogP contribution in [-0.4, -0.2) is 12.6 Å². The standard InChI is InChI=1S/C11H14ClNO/c12-9-3-1-8(2-4-9)11-6-5-10(7-13)14-11/h1-4,10-11H,5-7,13H2/t10-,11?/m1/s1. The molecule has 76 valence electrons. The Balaban J connectivity index is 2.06. The molecule has 0 aromatic heterocycles. The molecule has 2 N–H and O–H groups in total. The summed E-state index contributed by atoms with van der Waals surface area (Å²) in [5, 5.41) is 0.766. The summed E-state index contributed by atoms with van der Waals surface area (Å²) >= 11 is 5.81. The highest BCUT2D eigenvalue weighted by Crippen LogP contribution is 2.32. The predicted octanol–water partition coefficient (Wildman–Crippen LogP) is 2.52. The van der Waals surface area contributed by atoms with Gasteiger partial charge in [0, 0.05) is 11.6 Å².